The summed E-state index contributed by atoms with van der Waals surface area (Å²) >= 11 is 12.2. The fraction of sp³-hybridized carbons (Fsp3) is 0. The van der Waals surface area contributed by atoms with Crippen LogP contribution in [0.25, 0.3) is 22.2 Å². The molecule has 1 heterocycles. The molecule has 1 aromatic heterocycles. The molecule has 0 aliphatic carbocycles. The molecular weight excluding hydrogens is 265 g/mol. The van der Waals surface area contributed by atoms with Gasteiger partial charge in [-0.25, -0.2) is 4.98 Å². The summed E-state index contributed by atoms with van der Waals surface area (Å²) in [4.78, 5) is 4.60. The van der Waals surface area contributed by atoms with E-state index < -0.39 is 0 Å². The van der Waals surface area contributed by atoms with Gasteiger partial charge in [-0.3, -0.25) is 0 Å². The fourth-order valence-corrected chi connectivity index (χ4v) is 2.34. The Hall–Kier alpha value is -1.57. The van der Waals surface area contributed by atoms with Crippen molar-refractivity contribution in [3.63, 3.8) is 0 Å². The SMILES string of the molecule is Clc1ccc2nc(-c3ccccc3)cc(Cl)c2c1. The number of benzene rings is 2. The van der Waals surface area contributed by atoms with Crippen LogP contribution < -0.4 is 0 Å². The van der Waals surface area contributed by atoms with Crippen LogP contribution in [0.5, 0.6) is 0 Å². The molecule has 3 aromatic rings. The number of hydrogen-bond acceptors (Lipinski definition) is 1. The van der Waals surface area contributed by atoms with Gasteiger partial charge < -0.3 is 0 Å². The van der Waals surface area contributed by atoms with Crippen molar-refractivity contribution in [2.75, 3.05) is 0 Å². The van der Waals surface area contributed by atoms with Gasteiger partial charge in [0, 0.05) is 16.0 Å². The lowest BCUT2D eigenvalue weighted by atomic mass is 10.1. The van der Waals surface area contributed by atoms with Crippen LogP contribution in [0.15, 0.2) is 54.6 Å². The Morgan fingerprint density at radius 2 is 1.61 bits per heavy atom. The minimum atomic E-state index is 0.665. The largest absolute Gasteiger partial charge is 0.248 e. The van der Waals surface area contributed by atoms with E-state index in [0.29, 0.717) is 10.0 Å². The van der Waals surface area contributed by atoms with Crippen molar-refractivity contribution in [1.82, 2.24) is 4.98 Å². The normalized spacial score (nSPS) is 10.8. The van der Waals surface area contributed by atoms with Crippen LogP contribution >= 0.6 is 23.2 Å². The molecule has 0 saturated carbocycles. The smallest absolute Gasteiger partial charge is 0.0725 e. The Balaban J connectivity index is 2.25. The highest BCUT2D eigenvalue weighted by atomic mass is 35.5. The molecule has 0 atom stereocenters. The Kier molecular flexibility index (Phi) is 2.94. The van der Waals surface area contributed by atoms with Gasteiger partial charge in [0.15, 0.2) is 0 Å². The molecule has 3 rings (SSSR count). The van der Waals surface area contributed by atoms with Crippen LogP contribution in [0, 0.1) is 0 Å². The topological polar surface area (TPSA) is 12.9 Å². The van der Waals surface area contributed by atoms with Gasteiger partial charge in [0.25, 0.3) is 0 Å². The van der Waals surface area contributed by atoms with Crippen LogP contribution in [0.3, 0.4) is 0 Å². The Morgan fingerprint density at radius 3 is 2.39 bits per heavy atom. The quantitative estimate of drug-likeness (QED) is 0.593. The first-order valence-electron chi connectivity index (χ1n) is 5.55. The second kappa shape index (κ2) is 4.60. The van der Waals surface area contributed by atoms with Crippen molar-refractivity contribution in [1.29, 1.82) is 0 Å². The van der Waals surface area contributed by atoms with Crippen LogP contribution in [0.4, 0.5) is 0 Å². The Bertz CT molecular complexity index is 708. The minimum Gasteiger partial charge on any atom is -0.248 e. The number of hydrogen-bond donors (Lipinski definition) is 0. The highest BCUT2D eigenvalue weighted by molar-refractivity contribution is 6.37. The van der Waals surface area contributed by atoms with Gasteiger partial charge in [-0.2, -0.15) is 0 Å². The second-order valence-electron chi connectivity index (χ2n) is 4.02. The van der Waals surface area contributed by atoms with Crippen LogP contribution in [-0.4, -0.2) is 4.98 Å². The number of pyridine rings is 1. The highest BCUT2D eigenvalue weighted by Gasteiger charge is 2.06. The summed E-state index contributed by atoms with van der Waals surface area (Å²) in [5.41, 5.74) is 2.78. The fourth-order valence-electron chi connectivity index (χ4n) is 1.91. The van der Waals surface area contributed by atoms with Crippen molar-refractivity contribution in [3.05, 3.63) is 64.6 Å². The van der Waals surface area contributed by atoms with Gasteiger partial charge in [0.2, 0.25) is 0 Å². The van der Waals surface area contributed by atoms with Crippen molar-refractivity contribution in [2.24, 2.45) is 0 Å². The Morgan fingerprint density at radius 1 is 0.833 bits per heavy atom. The van der Waals surface area contributed by atoms with Crippen molar-refractivity contribution < 1.29 is 0 Å². The molecule has 2 aromatic carbocycles. The third kappa shape index (κ3) is 2.07. The zero-order chi connectivity index (χ0) is 12.5. The lowest BCUT2D eigenvalue weighted by Crippen LogP contribution is -1.86. The van der Waals surface area contributed by atoms with E-state index in [0.717, 1.165) is 22.2 Å². The van der Waals surface area contributed by atoms with Crippen molar-refractivity contribution in [2.45, 2.75) is 0 Å². The molecule has 0 saturated heterocycles. The molecule has 18 heavy (non-hydrogen) atoms. The molecule has 0 aliphatic heterocycles. The average Bonchev–Trinajstić information content (AvgIpc) is 2.40. The van der Waals surface area contributed by atoms with Gasteiger partial charge in [-0.05, 0) is 24.3 Å². The lowest BCUT2D eigenvalue weighted by Gasteiger charge is -2.05. The molecule has 0 radical (unpaired) electrons. The summed E-state index contributed by atoms with van der Waals surface area (Å²) in [6.45, 7) is 0. The van der Waals surface area contributed by atoms with Crippen molar-refractivity contribution >= 4 is 34.1 Å². The summed E-state index contributed by atoms with van der Waals surface area (Å²) < 4.78 is 0. The lowest BCUT2D eigenvalue weighted by molar-refractivity contribution is 1.40. The predicted molar refractivity (Wildman–Crippen MR) is 77.2 cm³/mol. The zero-order valence-corrected chi connectivity index (χ0v) is 10.9. The maximum absolute atomic E-state index is 6.29. The van der Waals surface area contributed by atoms with E-state index in [-0.39, 0.29) is 0 Å². The van der Waals surface area contributed by atoms with Gasteiger partial charge in [-0.15, -0.1) is 0 Å². The molecule has 0 aliphatic rings. The van der Waals surface area contributed by atoms with E-state index in [9.17, 15) is 0 Å². The summed E-state index contributed by atoms with van der Waals surface area (Å²) in [6.07, 6.45) is 0. The Labute approximate surface area is 115 Å². The molecule has 0 unspecified atom stereocenters. The van der Waals surface area contributed by atoms with Gasteiger partial charge in [0.1, 0.15) is 0 Å². The number of halogens is 2. The van der Waals surface area contributed by atoms with E-state index in [1.165, 1.54) is 0 Å². The first-order valence-corrected chi connectivity index (χ1v) is 6.31. The molecule has 0 fully saturated rings. The van der Waals surface area contributed by atoms with E-state index >= 15 is 0 Å². The maximum Gasteiger partial charge on any atom is 0.0725 e. The second-order valence-corrected chi connectivity index (χ2v) is 4.86. The number of nitrogens with zero attached hydrogens (tertiary/aromatic N) is 1. The first kappa shape index (κ1) is 11.5. The van der Waals surface area contributed by atoms with E-state index in [1.54, 1.807) is 0 Å². The maximum atomic E-state index is 6.29. The summed E-state index contributed by atoms with van der Waals surface area (Å²) in [5.74, 6) is 0. The highest BCUT2D eigenvalue weighted by Crippen LogP contribution is 2.29. The number of aromatic nitrogens is 1. The van der Waals surface area contributed by atoms with Gasteiger partial charge in [0.05, 0.1) is 16.2 Å². The van der Waals surface area contributed by atoms with Crippen molar-refractivity contribution in [3.8, 4) is 11.3 Å². The van der Waals surface area contributed by atoms with Crippen LogP contribution in [-0.2, 0) is 0 Å². The first-order chi connectivity index (χ1) is 8.74. The predicted octanol–water partition coefficient (Wildman–Crippen LogP) is 5.21. The molecular formula is C15H9Cl2N. The van der Waals surface area contributed by atoms with Crippen LogP contribution in [0.1, 0.15) is 0 Å². The molecule has 3 heteroatoms. The monoisotopic (exact) mass is 273 g/mol. The number of rotatable bonds is 1. The standard InChI is InChI=1S/C15H9Cl2N/c16-11-6-7-14-12(8-11)13(17)9-15(18-14)10-4-2-1-3-5-10/h1-9H. The molecule has 1 nitrogen and oxygen atoms in total. The number of fused-ring (bicyclic) bond motifs is 1. The summed E-state index contributed by atoms with van der Waals surface area (Å²) in [6, 6.07) is 17.4. The third-order valence-corrected chi connectivity index (χ3v) is 3.34. The molecule has 0 spiro atoms. The third-order valence-electron chi connectivity index (χ3n) is 2.79. The van der Waals surface area contributed by atoms with Crippen LogP contribution in [0.2, 0.25) is 10.0 Å². The summed E-state index contributed by atoms with van der Waals surface area (Å²) in [5, 5.41) is 2.21. The minimum absolute atomic E-state index is 0.665. The molecule has 0 bridgehead atoms. The van der Waals surface area contributed by atoms with E-state index in [1.807, 2.05) is 54.6 Å². The van der Waals surface area contributed by atoms with Gasteiger partial charge >= 0.3 is 0 Å². The zero-order valence-electron chi connectivity index (χ0n) is 9.40. The summed E-state index contributed by atoms with van der Waals surface area (Å²) in [7, 11) is 0. The van der Waals surface area contributed by atoms with E-state index in [2.05, 4.69) is 4.98 Å². The van der Waals surface area contributed by atoms with Gasteiger partial charge in [-0.1, -0.05) is 53.5 Å². The average molecular weight is 274 g/mol. The molecule has 0 N–H and O–H groups in total. The molecule has 88 valence electrons. The molecule has 0 amide bonds. The van der Waals surface area contributed by atoms with E-state index in [4.69, 9.17) is 23.2 Å².